The summed E-state index contributed by atoms with van der Waals surface area (Å²) in [4.78, 5) is 18.8. The van der Waals surface area contributed by atoms with Gasteiger partial charge in [0, 0.05) is 5.56 Å². The Morgan fingerprint density at radius 2 is 1.75 bits per heavy atom. The predicted molar refractivity (Wildman–Crippen MR) is 81.3 cm³/mol. The Morgan fingerprint density at radius 3 is 2.46 bits per heavy atom. The Morgan fingerprint density at radius 1 is 1.04 bits per heavy atom. The monoisotopic (exact) mass is 332 g/mol. The van der Waals surface area contributed by atoms with Crippen molar-refractivity contribution >= 4 is 16.7 Å². The van der Waals surface area contributed by atoms with E-state index in [-0.39, 0.29) is 5.69 Å². The number of hydrogen-bond donors (Lipinski definition) is 0. The highest BCUT2D eigenvalue weighted by atomic mass is 19.4. The first-order valence-corrected chi connectivity index (χ1v) is 6.93. The molecule has 0 radical (unpaired) electrons. The maximum Gasteiger partial charge on any atom is 0.433 e. The lowest BCUT2D eigenvalue weighted by molar-refractivity contribution is -0.141. The number of fused-ring (bicyclic) bond motifs is 1. The van der Waals surface area contributed by atoms with E-state index in [0.29, 0.717) is 5.56 Å². The molecule has 0 amide bonds. The number of ether oxygens (including phenoxy) is 1. The number of halogens is 3. The van der Waals surface area contributed by atoms with Gasteiger partial charge in [-0.1, -0.05) is 42.5 Å². The molecule has 0 aliphatic rings. The van der Waals surface area contributed by atoms with Crippen LogP contribution in [0.25, 0.3) is 22.0 Å². The van der Waals surface area contributed by atoms with Crippen molar-refractivity contribution in [2.75, 3.05) is 7.11 Å². The second kappa shape index (κ2) is 5.92. The van der Waals surface area contributed by atoms with Crippen LogP contribution in [0.4, 0.5) is 13.2 Å². The van der Waals surface area contributed by atoms with Crippen molar-refractivity contribution in [1.29, 1.82) is 0 Å². The SMILES string of the molecule is COC(=O)c1nc(-c2cccc3ccccc23)cc(C(F)(F)F)n1. The van der Waals surface area contributed by atoms with Gasteiger partial charge in [0.25, 0.3) is 0 Å². The van der Waals surface area contributed by atoms with Gasteiger partial charge in [0.2, 0.25) is 5.82 Å². The zero-order chi connectivity index (χ0) is 17.3. The van der Waals surface area contributed by atoms with Crippen LogP contribution in [0.5, 0.6) is 0 Å². The van der Waals surface area contributed by atoms with Crippen LogP contribution in [-0.4, -0.2) is 23.0 Å². The summed E-state index contributed by atoms with van der Waals surface area (Å²) >= 11 is 0. The molecule has 24 heavy (non-hydrogen) atoms. The second-order valence-corrected chi connectivity index (χ2v) is 4.98. The van der Waals surface area contributed by atoms with E-state index >= 15 is 0 Å². The molecule has 0 atom stereocenters. The van der Waals surface area contributed by atoms with E-state index < -0.39 is 23.7 Å². The summed E-state index contributed by atoms with van der Waals surface area (Å²) in [7, 11) is 1.06. The van der Waals surface area contributed by atoms with E-state index in [1.54, 1.807) is 24.3 Å². The van der Waals surface area contributed by atoms with Crippen LogP contribution in [-0.2, 0) is 10.9 Å². The molecule has 1 aromatic heterocycles. The molecule has 0 fully saturated rings. The first-order chi connectivity index (χ1) is 11.4. The minimum atomic E-state index is -4.70. The molecule has 3 aromatic rings. The molecule has 0 spiro atoms. The Hall–Kier alpha value is -2.96. The average molecular weight is 332 g/mol. The lowest BCUT2D eigenvalue weighted by atomic mass is 10.0. The number of carbonyl (C=O) groups excluding carboxylic acids is 1. The van der Waals surface area contributed by atoms with Gasteiger partial charge in [0.15, 0.2) is 0 Å². The zero-order valence-electron chi connectivity index (χ0n) is 12.5. The van der Waals surface area contributed by atoms with Crippen LogP contribution in [0.1, 0.15) is 16.3 Å². The number of alkyl halides is 3. The van der Waals surface area contributed by atoms with E-state index in [2.05, 4.69) is 14.7 Å². The normalized spacial score (nSPS) is 11.5. The van der Waals surface area contributed by atoms with E-state index in [1.807, 2.05) is 18.2 Å². The van der Waals surface area contributed by atoms with Crippen LogP contribution in [0.15, 0.2) is 48.5 Å². The molecule has 0 saturated heterocycles. The van der Waals surface area contributed by atoms with E-state index in [9.17, 15) is 18.0 Å². The van der Waals surface area contributed by atoms with Crippen molar-refractivity contribution in [2.24, 2.45) is 0 Å². The van der Waals surface area contributed by atoms with Crippen molar-refractivity contribution < 1.29 is 22.7 Å². The maximum absolute atomic E-state index is 13.1. The Labute approximate surface area is 134 Å². The van der Waals surface area contributed by atoms with Gasteiger partial charge in [0.1, 0.15) is 5.69 Å². The molecule has 0 N–H and O–H groups in total. The van der Waals surface area contributed by atoms with Crippen LogP contribution in [0.2, 0.25) is 0 Å². The third kappa shape index (κ3) is 2.92. The van der Waals surface area contributed by atoms with Crippen LogP contribution >= 0.6 is 0 Å². The Bertz CT molecular complexity index is 918. The predicted octanol–water partition coefficient (Wildman–Crippen LogP) is 4.10. The topological polar surface area (TPSA) is 52.1 Å². The number of carbonyl (C=O) groups is 1. The van der Waals surface area contributed by atoms with Gasteiger partial charge < -0.3 is 4.74 Å². The van der Waals surface area contributed by atoms with Crippen molar-refractivity contribution in [3.8, 4) is 11.3 Å². The third-order valence-corrected chi connectivity index (χ3v) is 3.45. The summed E-state index contributed by atoms with van der Waals surface area (Å²) in [6, 6.07) is 13.2. The fourth-order valence-corrected chi connectivity index (χ4v) is 2.36. The quantitative estimate of drug-likeness (QED) is 0.663. The molecular weight excluding hydrogens is 321 g/mol. The molecule has 4 nitrogen and oxygen atoms in total. The second-order valence-electron chi connectivity index (χ2n) is 4.98. The molecule has 122 valence electrons. The largest absolute Gasteiger partial charge is 0.463 e. The number of rotatable bonds is 2. The van der Waals surface area contributed by atoms with Gasteiger partial charge in [-0.05, 0) is 16.8 Å². The van der Waals surface area contributed by atoms with E-state index in [4.69, 9.17) is 0 Å². The summed E-state index contributed by atoms with van der Waals surface area (Å²) in [5, 5.41) is 1.57. The summed E-state index contributed by atoms with van der Waals surface area (Å²) in [6.07, 6.45) is -4.70. The highest BCUT2D eigenvalue weighted by Crippen LogP contribution is 2.32. The number of benzene rings is 2. The molecule has 2 aromatic carbocycles. The highest BCUT2D eigenvalue weighted by molar-refractivity contribution is 5.96. The van der Waals surface area contributed by atoms with Crippen LogP contribution < -0.4 is 0 Å². The molecule has 3 rings (SSSR count). The number of hydrogen-bond acceptors (Lipinski definition) is 4. The van der Waals surface area contributed by atoms with Gasteiger partial charge in [0.05, 0.1) is 12.8 Å². The number of aromatic nitrogens is 2. The van der Waals surface area contributed by atoms with Crippen LogP contribution in [0.3, 0.4) is 0 Å². The molecule has 1 heterocycles. The molecule has 0 saturated carbocycles. The van der Waals surface area contributed by atoms with E-state index in [0.717, 1.165) is 23.9 Å². The minimum Gasteiger partial charge on any atom is -0.463 e. The summed E-state index contributed by atoms with van der Waals surface area (Å²) in [5.41, 5.74) is -0.707. The molecule has 0 aliphatic heterocycles. The summed E-state index contributed by atoms with van der Waals surface area (Å²) in [5.74, 6) is -1.65. The van der Waals surface area contributed by atoms with E-state index in [1.165, 1.54) is 0 Å². The summed E-state index contributed by atoms with van der Waals surface area (Å²) in [6.45, 7) is 0. The lowest BCUT2D eigenvalue weighted by Crippen LogP contribution is -2.15. The first kappa shape index (κ1) is 15.9. The molecular formula is C17H11F3N2O2. The standard InChI is InChI=1S/C17H11F3N2O2/c1-24-16(23)15-21-13(9-14(22-15)17(18,19)20)12-8-4-6-10-5-2-3-7-11(10)12/h2-9H,1H3. The average Bonchev–Trinajstić information content (AvgIpc) is 2.59. The Kier molecular flexibility index (Phi) is 3.92. The molecule has 0 unspecified atom stereocenters. The molecule has 7 heteroatoms. The number of methoxy groups -OCH3 is 1. The van der Waals surface area contributed by atoms with Crippen LogP contribution in [0, 0.1) is 0 Å². The zero-order valence-corrected chi connectivity index (χ0v) is 12.5. The van der Waals surface area contributed by atoms with Crippen molar-refractivity contribution in [1.82, 2.24) is 9.97 Å². The lowest BCUT2D eigenvalue weighted by Gasteiger charge is -2.11. The highest BCUT2D eigenvalue weighted by Gasteiger charge is 2.34. The van der Waals surface area contributed by atoms with Crippen molar-refractivity contribution in [3.63, 3.8) is 0 Å². The Balaban J connectivity index is 2.28. The van der Waals surface area contributed by atoms with Crippen molar-refractivity contribution in [3.05, 3.63) is 60.0 Å². The maximum atomic E-state index is 13.1. The third-order valence-electron chi connectivity index (χ3n) is 3.45. The van der Waals surface area contributed by atoms with Gasteiger partial charge in [-0.3, -0.25) is 0 Å². The van der Waals surface area contributed by atoms with Gasteiger partial charge >= 0.3 is 12.1 Å². The smallest absolute Gasteiger partial charge is 0.433 e. The first-order valence-electron chi connectivity index (χ1n) is 6.93. The molecule has 0 bridgehead atoms. The fraction of sp³-hybridized carbons (Fsp3) is 0.118. The van der Waals surface area contributed by atoms with Crippen molar-refractivity contribution in [2.45, 2.75) is 6.18 Å². The van der Waals surface area contributed by atoms with Gasteiger partial charge in [-0.25, -0.2) is 14.8 Å². The fourth-order valence-electron chi connectivity index (χ4n) is 2.36. The number of esters is 1. The minimum absolute atomic E-state index is 0.00882. The van der Waals surface area contributed by atoms with Gasteiger partial charge in [-0.15, -0.1) is 0 Å². The van der Waals surface area contributed by atoms with Gasteiger partial charge in [-0.2, -0.15) is 13.2 Å². The summed E-state index contributed by atoms with van der Waals surface area (Å²) < 4.78 is 43.8. The number of nitrogens with zero attached hydrogens (tertiary/aromatic N) is 2. The molecule has 0 aliphatic carbocycles.